The summed E-state index contributed by atoms with van der Waals surface area (Å²) in [6, 6.07) is -0.958. The van der Waals surface area contributed by atoms with Gasteiger partial charge >= 0.3 is 0 Å². The Morgan fingerprint density at radius 1 is 1.35 bits per heavy atom. The van der Waals surface area contributed by atoms with E-state index in [-0.39, 0.29) is 23.8 Å². The maximum absolute atomic E-state index is 12.6. The summed E-state index contributed by atoms with van der Waals surface area (Å²) >= 11 is 0. The van der Waals surface area contributed by atoms with Crippen LogP contribution in [0.2, 0.25) is 0 Å². The molecule has 5 unspecified atom stereocenters. The average Bonchev–Trinajstić information content (AvgIpc) is 2.39. The molecule has 5 nitrogen and oxygen atoms in total. The molecule has 6 heteroatoms. The Morgan fingerprint density at radius 2 is 1.95 bits per heavy atom. The van der Waals surface area contributed by atoms with Crippen LogP contribution in [0.5, 0.6) is 0 Å². The minimum absolute atomic E-state index is 0.0131. The highest BCUT2D eigenvalue weighted by Gasteiger charge is 2.41. The maximum atomic E-state index is 12.6. The summed E-state index contributed by atoms with van der Waals surface area (Å²) in [5, 5.41) is 2.83. The molecule has 0 saturated carbocycles. The van der Waals surface area contributed by atoms with E-state index in [9.17, 15) is 13.8 Å². The van der Waals surface area contributed by atoms with Crippen LogP contribution in [0, 0.1) is 5.92 Å². The number of piperazine rings is 1. The largest absolute Gasteiger partial charge is 0.342 e. The molecule has 0 radical (unpaired) electrons. The first kappa shape index (κ1) is 17.1. The summed E-state index contributed by atoms with van der Waals surface area (Å²) in [5.41, 5.74) is 0. The molecule has 1 N–H and O–H groups in total. The Bertz CT molecular complexity index is 400. The fourth-order valence-electron chi connectivity index (χ4n) is 2.51. The maximum Gasteiger partial charge on any atom is 0.246 e. The van der Waals surface area contributed by atoms with Crippen molar-refractivity contribution in [3.63, 3.8) is 0 Å². The van der Waals surface area contributed by atoms with Gasteiger partial charge in [0.05, 0.1) is 0 Å². The highest BCUT2D eigenvalue weighted by molar-refractivity contribution is 7.84. The Hall–Kier alpha value is -0.910. The van der Waals surface area contributed by atoms with Crippen molar-refractivity contribution in [3.05, 3.63) is 0 Å². The molecule has 20 heavy (non-hydrogen) atoms. The van der Waals surface area contributed by atoms with Gasteiger partial charge in [0.2, 0.25) is 11.8 Å². The predicted molar refractivity (Wildman–Crippen MR) is 80.7 cm³/mol. The molecular formula is C14H26N2O3S. The van der Waals surface area contributed by atoms with E-state index in [2.05, 4.69) is 5.32 Å². The summed E-state index contributed by atoms with van der Waals surface area (Å²) in [7, 11) is -0.879. The molecule has 0 aromatic rings. The summed E-state index contributed by atoms with van der Waals surface area (Å²) < 4.78 is 11.2. The minimum Gasteiger partial charge on any atom is -0.342 e. The normalized spacial score (nSPS) is 27.9. The first-order valence-corrected chi connectivity index (χ1v) is 8.94. The van der Waals surface area contributed by atoms with E-state index in [1.165, 1.54) is 0 Å². The second-order valence-electron chi connectivity index (χ2n) is 5.71. The summed E-state index contributed by atoms with van der Waals surface area (Å²) in [5.74, 6) is 0.557. The van der Waals surface area contributed by atoms with Crippen LogP contribution in [0.15, 0.2) is 0 Å². The van der Waals surface area contributed by atoms with Gasteiger partial charge in [0.25, 0.3) is 0 Å². The Labute approximate surface area is 123 Å². The van der Waals surface area contributed by atoms with E-state index in [0.717, 1.165) is 6.42 Å². The van der Waals surface area contributed by atoms with Gasteiger partial charge in [-0.2, -0.15) is 0 Å². The fraction of sp³-hybridized carbons (Fsp3) is 0.857. The zero-order chi connectivity index (χ0) is 15.4. The Kier molecular flexibility index (Phi) is 6.17. The lowest BCUT2D eigenvalue weighted by Gasteiger charge is -2.42. The number of amides is 2. The number of hydrogen-bond acceptors (Lipinski definition) is 3. The molecule has 0 aromatic carbocycles. The average molecular weight is 302 g/mol. The van der Waals surface area contributed by atoms with Gasteiger partial charge in [-0.1, -0.05) is 20.3 Å². The Morgan fingerprint density at radius 3 is 2.45 bits per heavy atom. The van der Waals surface area contributed by atoms with Crippen molar-refractivity contribution in [1.29, 1.82) is 0 Å². The van der Waals surface area contributed by atoms with Crippen molar-refractivity contribution in [3.8, 4) is 0 Å². The van der Waals surface area contributed by atoms with Crippen LogP contribution in [0.4, 0.5) is 0 Å². The molecule has 5 atom stereocenters. The molecule has 1 saturated heterocycles. The van der Waals surface area contributed by atoms with Crippen LogP contribution in [0.1, 0.15) is 40.5 Å². The van der Waals surface area contributed by atoms with E-state index in [1.807, 2.05) is 20.8 Å². The molecule has 0 aliphatic carbocycles. The van der Waals surface area contributed by atoms with Gasteiger partial charge in [-0.25, -0.2) is 0 Å². The monoisotopic (exact) mass is 302 g/mol. The second kappa shape index (κ2) is 7.20. The third-order valence-electron chi connectivity index (χ3n) is 4.13. The molecule has 0 aromatic heterocycles. The van der Waals surface area contributed by atoms with Gasteiger partial charge in [-0.15, -0.1) is 0 Å². The molecule has 2 amide bonds. The van der Waals surface area contributed by atoms with Crippen LogP contribution in [0.3, 0.4) is 0 Å². The van der Waals surface area contributed by atoms with Crippen molar-refractivity contribution in [2.75, 3.05) is 12.0 Å². The predicted octanol–water partition coefficient (Wildman–Crippen LogP) is 0.905. The van der Waals surface area contributed by atoms with E-state index >= 15 is 0 Å². The van der Waals surface area contributed by atoms with E-state index in [1.54, 1.807) is 18.1 Å². The summed E-state index contributed by atoms with van der Waals surface area (Å²) in [6.45, 7) is 7.66. The summed E-state index contributed by atoms with van der Waals surface area (Å²) in [4.78, 5) is 26.3. The van der Waals surface area contributed by atoms with Gasteiger partial charge in [0.1, 0.15) is 12.1 Å². The van der Waals surface area contributed by atoms with E-state index in [0.29, 0.717) is 12.2 Å². The van der Waals surface area contributed by atoms with Gasteiger partial charge in [0, 0.05) is 28.9 Å². The van der Waals surface area contributed by atoms with Crippen molar-refractivity contribution in [2.45, 2.75) is 58.7 Å². The molecule has 1 fully saturated rings. The molecule has 1 heterocycles. The highest BCUT2D eigenvalue weighted by atomic mass is 32.2. The molecular weight excluding hydrogens is 276 g/mol. The SMILES string of the molecule is CCC(C)C1NC(=O)C(C)N(C(C)CCS(C)=O)C1=O. The third-order valence-corrected chi connectivity index (χ3v) is 4.94. The molecule has 1 aliphatic heterocycles. The number of nitrogens with zero attached hydrogens (tertiary/aromatic N) is 1. The molecule has 0 bridgehead atoms. The molecule has 0 spiro atoms. The van der Waals surface area contributed by atoms with Crippen LogP contribution in [-0.2, 0) is 20.4 Å². The molecule has 1 rings (SSSR count). The van der Waals surface area contributed by atoms with Crippen LogP contribution >= 0.6 is 0 Å². The van der Waals surface area contributed by atoms with Crippen molar-refractivity contribution in [2.24, 2.45) is 5.92 Å². The summed E-state index contributed by atoms with van der Waals surface area (Å²) in [6.07, 6.45) is 3.15. The van der Waals surface area contributed by atoms with Crippen molar-refractivity contribution in [1.82, 2.24) is 10.2 Å². The number of hydrogen-bond donors (Lipinski definition) is 1. The standard InChI is InChI=1S/C14H26N2O3S/c1-6-9(2)12-14(18)16(11(4)13(17)15-12)10(3)7-8-20(5)19/h9-12H,6-8H2,1-5H3,(H,15,17). The smallest absolute Gasteiger partial charge is 0.246 e. The van der Waals surface area contributed by atoms with E-state index < -0.39 is 22.9 Å². The quantitative estimate of drug-likeness (QED) is 0.793. The van der Waals surface area contributed by atoms with Crippen molar-refractivity contribution >= 4 is 22.6 Å². The molecule has 116 valence electrons. The van der Waals surface area contributed by atoms with Crippen LogP contribution < -0.4 is 5.32 Å². The number of rotatable bonds is 6. The highest BCUT2D eigenvalue weighted by Crippen LogP contribution is 2.21. The van der Waals surface area contributed by atoms with Gasteiger partial charge in [-0.3, -0.25) is 13.8 Å². The number of carbonyl (C=O) groups is 2. The second-order valence-corrected chi connectivity index (χ2v) is 7.26. The van der Waals surface area contributed by atoms with Crippen molar-refractivity contribution < 1.29 is 13.8 Å². The zero-order valence-electron chi connectivity index (χ0n) is 13.0. The zero-order valence-corrected chi connectivity index (χ0v) is 13.8. The van der Waals surface area contributed by atoms with Crippen LogP contribution in [-0.4, -0.2) is 51.1 Å². The number of carbonyl (C=O) groups excluding carboxylic acids is 2. The van der Waals surface area contributed by atoms with Gasteiger partial charge in [-0.05, 0) is 26.2 Å². The lowest BCUT2D eigenvalue weighted by atomic mass is 9.93. The van der Waals surface area contributed by atoms with Gasteiger partial charge < -0.3 is 10.2 Å². The first-order chi connectivity index (χ1) is 9.29. The fourth-order valence-corrected chi connectivity index (χ4v) is 3.18. The molecule has 1 aliphatic rings. The van der Waals surface area contributed by atoms with Crippen LogP contribution in [0.25, 0.3) is 0 Å². The third kappa shape index (κ3) is 3.81. The van der Waals surface area contributed by atoms with Gasteiger partial charge in [0.15, 0.2) is 0 Å². The first-order valence-electron chi connectivity index (χ1n) is 7.22. The topological polar surface area (TPSA) is 66.5 Å². The van der Waals surface area contributed by atoms with E-state index in [4.69, 9.17) is 0 Å². The lowest BCUT2D eigenvalue weighted by molar-refractivity contribution is -0.152. The Balaban J connectivity index is 2.87. The number of nitrogens with one attached hydrogen (secondary N) is 1. The lowest BCUT2D eigenvalue weighted by Crippen LogP contribution is -2.66. The minimum atomic E-state index is -0.879.